The molecule has 1 aliphatic rings. The maximum Gasteiger partial charge on any atom is 0.323 e. The highest BCUT2D eigenvalue weighted by Gasteiger charge is 2.34. The van der Waals surface area contributed by atoms with Crippen molar-refractivity contribution in [3.8, 4) is 0 Å². The van der Waals surface area contributed by atoms with Gasteiger partial charge < -0.3 is 19.5 Å². The first-order valence-electron chi connectivity index (χ1n) is 15.6. The van der Waals surface area contributed by atoms with Gasteiger partial charge in [0.2, 0.25) is 19.7 Å². The molecule has 4 rings (SSSR count). The van der Waals surface area contributed by atoms with Gasteiger partial charge in [-0.2, -0.15) is 9.98 Å². The van der Waals surface area contributed by atoms with E-state index in [9.17, 15) is 9.59 Å². The topological polar surface area (TPSA) is 108 Å². The van der Waals surface area contributed by atoms with Crippen molar-refractivity contribution in [1.29, 1.82) is 0 Å². The highest BCUT2D eigenvalue weighted by molar-refractivity contribution is 6.58. The van der Waals surface area contributed by atoms with Gasteiger partial charge in [-0.25, -0.2) is 4.99 Å². The van der Waals surface area contributed by atoms with Gasteiger partial charge in [-0.15, -0.1) is 0 Å². The Hall–Kier alpha value is -3.80. The molecule has 15 heteroatoms. The Morgan fingerprint density at radius 1 is 1.02 bits per heavy atom. The molecule has 10 nitrogen and oxygen atoms in total. The van der Waals surface area contributed by atoms with Crippen molar-refractivity contribution in [2.45, 2.75) is 37.8 Å². The molecule has 0 spiro atoms. The Morgan fingerprint density at radius 3 is 2.55 bits per heavy atom. The molecule has 244 valence electrons. The van der Waals surface area contributed by atoms with E-state index in [2.05, 4.69) is 67.7 Å². The van der Waals surface area contributed by atoms with Crippen LogP contribution in [0.4, 0.5) is 4.79 Å². The van der Waals surface area contributed by atoms with Crippen LogP contribution in [0.1, 0.15) is 24.0 Å². The summed E-state index contributed by atoms with van der Waals surface area (Å²) in [7, 11) is 4.34. The zero-order chi connectivity index (χ0) is 33.6. The number of carbonyl (C=O) groups is 2. The van der Waals surface area contributed by atoms with E-state index in [0.29, 0.717) is 36.0 Å². The minimum absolute atomic E-state index is 0.0636. The number of guanidine groups is 1. The first-order valence-corrected chi connectivity index (χ1v) is 16.4. The van der Waals surface area contributed by atoms with Crippen LogP contribution in [0.5, 0.6) is 0 Å². The Bertz CT molecular complexity index is 1610. The third-order valence-corrected chi connectivity index (χ3v) is 8.57. The van der Waals surface area contributed by atoms with Crippen LogP contribution in [0.3, 0.4) is 0 Å². The number of piperazine rings is 1. The average Bonchev–Trinajstić information content (AvgIpc) is 3.06. The predicted molar refractivity (Wildman–Crippen MR) is 198 cm³/mol. The molecule has 1 heterocycles. The van der Waals surface area contributed by atoms with Crippen molar-refractivity contribution >= 4 is 88.4 Å². The summed E-state index contributed by atoms with van der Waals surface area (Å²) < 4.78 is 9.99. The van der Waals surface area contributed by atoms with Crippen molar-refractivity contribution in [2.24, 2.45) is 15.0 Å². The molecule has 0 bridgehead atoms. The summed E-state index contributed by atoms with van der Waals surface area (Å²) in [4.78, 5) is 42.5. The lowest BCUT2D eigenvalue weighted by Crippen LogP contribution is -2.57. The van der Waals surface area contributed by atoms with Crippen molar-refractivity contribution < 1.29 is 18.9 Å². The molecule has 1 saturated heterocycles. The molecule has 0 aromatic heterocycles. The summed E-state index contributed by atoms with van der Waals surface area (Å²) in [6, 6.07) is 19.5. The number of hydrogen-bond acceptors (Lipinski definition) is 6. The van der Waals surface area contributed by atoms with Crippen LogP contribution >= 0.6 is 23.2 Å². The van der Waals surface area contributed by atoms with E-state index in [1.165, 1.54) is 53.1 Å². The Morgan fingerprint density at radius 2 is 1.81 bits per heavy atom. The normalized spacial score (nSPS) is 16.5. The second-order valence-corrected chi connectivity index (χ2v) is 12.2. The molecule has 1 N–H and O–H groups in total. The largest absolute Gasteiger partial charge is 0.560 e. The summed E-state index contributed by atoms with van der Waals surface area (Å²) >= 11 is 12.6. The number of fused-ring (bicyclic) bond motifs is 1. The van der Waals surface area contributed by atoms with E-state index >= 15 is 0 Å². The van der Waals surface area contributed by atoms with E-state index in [1.54, 1.807) is 12.1 Å². The van der Waals surface area contributed by atoms with E-state index in [1.807, 2.05) is 11.0 Å². The number of halogens is 2. The summed E-state index contributed by atoms with van der Waals surface area (Å²) in [5.74, 6) is -0.267. The third kappa shape index (κ3) is 11.2. The second kappa shape index (κ2) is 18.5. The van der Waals surface area contributed by atoms with Crippen molar-refractivity contribution in [1.82, 2.24) is 15.1 Å². The van der Waals surface area contributed by atoms with E-state index in [4.69, 9.17) is 32.5 Å². The molecule has 0 aliphatic carbocycles. The van der Waals surface area contributed by atoms with Gasteiger partial charge in [-0.1, -0.05) is 71.7 Å². The van der Waals surface area contributed by atoms with Crippen LogP contribution in [0.25, 0.3) is 10.8 Å². The molecule has 1 fully saturated rings. The molecule has 1 aliphatic heterocycles. The molecule has 0 saturated carbocycles. The summed E-state index contributed by atoms with van der Waals surface area (Å²) in [5.41, 5.74) is 2.07. The van der Waals surface area contributed by atoms with Crippen LogP contribution < -0.4 is 5.32 Å². The monoisotopic (exact) mass is 674 g/mol. The molecule has 0 unspecified atom stereocenters. The highest BCUT2D eigenvalue weighted by atomic mass is 35.5. The number of amides is 2. The number of benzene rings is 3. The first-order chi connectivity index (χ1) is 22.8. The number of nitrogens with zero attached hydrogens (tertiary/aromatic N) is 5. The number of carbonyl (C=O) groups excluding carboxylic acids is 2. The van der Waals surface area contributed by atoms with Gasteiger partial charge in [0.25, 0.3) is 0 Å². The number of rotatable bonds is 13. The van der Waals surface area contributed by atoms with Crippen molar-refractivity contribution in [3.05, 3.63) is 81.8 Å². The lowest BCUT2D eigenvalue weighted by atomic mass is 10.0. The van der Waals surface area contributed by atoms with E-state index in [0.717, 1.165) is 38.0 Å². The molecule has 0 radical (unpaired) electrons. The third-order valence-electron chi connectivity index (χ3n) is 7.98. The Kier molecular flexibility index (Phi) is 14.2. The van der Waals surface area contributed by atoms with E-state index in [-0.39, 0.29) is 23.7 Å². The highest BCUT2D eigenvalue weighted by Crippen LogP contribution is 2.25. The van der Waals surface area contributed by atoms with Gasteiger partial charge in [0.05, 0.1) is 0 Å². The predicted octanol–water partition coefficient (Wildman–Crippen LogP) is 2.48. The van der Waals surface area contributed by atoms with Crippen LogP contribution in [-0.4, -0.2) is 109 Å². The fourth-order valence-electron chi connectivity index (χ4n) is 5.67. The Labute approximate surface area is 288 Å². The maximum absolute atomic E-state index is 14.2. The fourth-order valence-corrected chi connectivity index (χ4v) is 6.16. The minimum Gasteiger partial charge on any atom is -0.560 e. The molecule has 2 atom stereocenters. The summed E-state index contributed by atoms with van der Waals surface area (Å²) in [6.07, 6.45) is 5.17. The van der Waals surface area contributed by atoms with Gasteiger partial charge in [0.1, 0.15) is 6.04 Å². The van der Waals surface area contributed by atoms with Crippen LogP contribution in [0, 0.1) is 0 Å². The number of aliphatic imine (C=N–C) groups is 3. The molecule has 2 amide bonds. The molecule has 47 heavy (non-hydrogen) atoms. The first kappa shape index (κ1) is 36.0. The van der Waals surface area contributed by atoms with Crippen LogP contribution in [0.15, 0.2) is 75.6 Å². The van der Waals surface area contributed by atoms with Crippen molar-refractivity contribution in [3.63, 3.8) is 0 Å². The lowest BCUT2D eigenvalue weighted by molar-refractivity contribution is -0.137. The minimum atomic E-state index is -0.712. The van der Waals surface area contributed by atoms with Gasteiger partial charge in [0, 0.05) is 55.2 Å². The smallest absolute Gasteiger partial charge is 0.323 e. The SMILES string of the molecule is BOC=NC(=NC(B)=O)NCCC[C@H]1CN(CCc2ccc3ccccc3c2)CCN1C(=O)[C@@H](Cc1ccc(Cl)cc1Cl)N=COB. The lowest BCUT2D eigenvalue weighted by Gasteiger charge is -2.42. The van der Waals surface area contributed by atoms with Gasteiger partial charge >= 0.3 is 16.1 Å². The number of nitrogens with one attached hydrogen (secondary N) is 1. The van der Waals surface area contributed by atoms with Crippen LogP contribution in [0.2, 0.25) is 10.0 Å². The van der Waals surface area contributed by atoms with E-state index < -0.39 is 6.04 Å². The molecular formula is C32H39B3Cl2N6O4. The zero-order valence-corrected chi connectivity index (χ0v) is 28.6. The van der Waals surface area contributed by atoms with Gasteiger partial charge in [-0.3, -0.25) is 14.5 Å². The summed E-state index contributed by atoms with van der Waals surface area (Å²) in [6.45, 7) is 3.42. The molecular weight excluding hydrogens is 636 g/mol. The van der Waals surface area contributed by atoms with Gasteiger partial charge in [0.15, 0.2) is 18.6 Å². The zero-order valence-electron chi connectivity index (χ0n) is 27.1. The maximum atomic E-state index is 14.2. The Balaban J connectivity index is 1.48. The second-order valence-electron chi connectivity index (χ2n) is 11.4. The fraction of sp³-hybridized carbons (Fsp3) is 0.344. The van der Waals surface area contributed by atoms with Crippen LogP contribution in [-0.2, 0) is 26.9 Å². The average molecular weight is 675 g/mol. The quantitative estimate of drug-likeness (QED) is 0.129. The standard InChI is InChI=1S/C32H39B3Cl2N6O4/c33-31(45)41-32(40-21-47-35)38-12-3-6-27-19-42(13-11-22-7-8-23-4-1-2-5-24(23)16-22)14-15-43(27)30(44)29(39-20-46-34)17-25-9-10-26(36)18-28(25)37/h1-2,4-5,7-10,16,18,20-21,27,29H,3,6,11-15,17,19,33-35H2,(H,38,41,45)/t27-,29+/m0/s1. The molecule has 3 aromatic carbocycles. The van der Waals surface area contributed by atoms with Gasteiger partial charge in [-0.05, 0) is 53.3 Å². The summed E-state index contributed by atoms with van der Waals surface area (Å²) in [5, 5.41) is 6.58. The number of hydrogen-bond donors (Lipinski definition) is 1. The molecule has 3 aromatic rings. The van der Waals surface area contributed by atoms with Crippen molar-refractivity contribution in [2.75, 3.05) is 32.7 Å².